The molecular formula is C9H6N2O3. The van der Waals surface area contributed by atoms with Crippen molar-refractivity contribution in [2.75, 3.05) is 0 Å². The fourth-order valence-electron chi connectivity index (χ4n) is 1.15. The van der Waals surface area contributed by atoms with Gasteiger partial charge in [0.15, 0.2) is 0 Å². The number of fused-ring (bicyclic) bond motifs is 1. The molecule has 2 heterocycles. The zero-order valence-electron chi connectivity index (χ0n) is 7.02. The summed E-state index contributed by atoms with van der Waals surface area (Å²) in [4.78, 5) is 27.9. The maximum Gasteiger partial charge on any atom is 0.337 e. The van der Waals surface area contributed by atoms with Gasteiger partial charge >= 0.3 is 5.97 Å². The van der Waals surface area contributed by atoms with Crippen LogP contribution in [0.2, 0.25) is 0 Å². The molecule has 5 heteroatoms. The SMILES string of the molecule is O=C(O)c1cnc2ccc(=O)[nH]c2c1. The molecular weight excluding hydrogens is 184 g/mol. The van der Waals surface area contributed by atoms with Crippen molar-refractivity contribution in [3.05, 3.63) is 40.3 Å². The summed E-state index contributed by atoms with van der Waals surface area (Å²) in [7, 11) is 0. The molecule has 2 rings (SSSR count). The highest BCUT2D eigenvalue weighted by atomic mass is 16.4. The lowest BCUT2D eigenvalue weighted by Crippen LogP contribution is -2.04. The van der Waals surface area contributed by atoms with E-state index in [1.54, 1.807) is 6.07 Å². The second-order valence-corrected chi connectivity index (χ2v) is 2.78. The first-order valence-corrected chi connectivity index (χ1v) is 3.89. The van der Waals surface area contributed by atoms with Crippen LogP contribution in [0.1, 0.15) is 10.4 Å². The van der Waals surface area contributed by atoms with E-state index in [-0.39, 0.29) is 11.1 Å². The summed E-state index contributed by atoms with van der Waals surface area (Å²) in [6.45, 7) is 0. The first kappa shape index (κ1) is 8.43. The van der Waals surface area contributed by atoms with Gasteiger partial charge in [0.25, 0.3) is 0 Å². The smallest absolute Gasteiger partial charge is 0.337 e. The average molecular weight is 190 g/mol. The Hall–Kier alpha value is -2.17. The molecule has 0 radical (unpaired) electrons. The quantitative estimate of drug-likeness (QED) is 0.690. The van der Waals surface area contributed by atoms with Crippen LogP contribution >= 0.6 is 0 Å². The van der Waals surface area contributed by atoms with Crippen molar-refractivity contribution >= 4 is 17.0 Å². The third-order valence-electron chi connectivity index (χ3n) is 1.82. The van der Waals surface area contributed by atoms with Crippen molar-refractivity contribution < 1.29 is 9.90 Å². The zero-order chi connectivity index (χ0) is 10.1. The number of nitrogens with zero attached hydrogens (tertiary/aromatic N) is 1. The van der Waals surface area contributed by atoms with Crippen molar-refractivity contribution in [1.82, 2.24) is 9.97 Å². The molecule has 0 bridgehead atoms. The predicted molar refractivity (Wildman–Crippen MR) is 49.3 cm³/mol. The maximum atomic E-state index is 10.9. The highest BCUT2D eigenvalue weighted by Gasteiger charge is 2.04. The van der Waals surface area contributed by atoms with Gasteiger partial charge in [-0.2, -0.15) is 0 Å². The molecule has 0 unspecified atom stereocenters. The van der Waals surface area contributed by atoms with E-state index in [1.807, 2.05) is 0 Å². The molecule has 0 amide bonds. The topological polar surface area (TPSA) is 83.0 Å². The summed E-state index contributed by atoms with van der Waals surface area (Å²) in [5.41, 5.74) is 0.771. The molecule has 0 saturated carbocycles. The standard InChI is InChI=1S/C9H6N2O3/c12-8-2-1-6-7(11-8)3-5(4-10-6)9(13)14/h1-4H,(H,11,12)(H,13,14). The Morgan fingerprint density at radius 2 is 2.21 bits per heavy atom. The minimum Gasteiger partial charge on any atom is -0.478 e. The Morgan fingerprint density at radius 3 is 2.93 bits per heavy atom. The summed E-state index contributed by atoms with van der Waals surface area (Å²) in [6.07, 6.45) is 1.25. The molecule has 0 aliphatic carbocycles. The normalized spacial score (nSPS) is 10.3. The molecule has 5 nitrogen and oxygen atoms in total. The number of hydrogen-bond acceptors (Lipinski definition) is 3. The fraction of sp³-hybridized carbons (Fsp3) is 0. The highest BCUT2D eigenvalue weighted by Crippen LogP contribution is 2.08. The van der Waals surface area contributed by atoms with Gasteiger partial charge < -0.3 is 10.1 Å². The molecule has 0 aromatic carbocycles. The van der Waals surface area contributed by atoms with Crippen LogP contribution in [0.25, 0.3) is 11.0 Å². The van der Waals surface area contributed by atoms with Crippen molar-refractivity contribution in [2.24, 2.45) is 0 Å². The van der Waals surface area contributed by atoms with Gasteiger partial charge in [-0.25, -0.2) is 4.79 Å². The Balaban J connectivity index is 2.75. The lowest BCUT2D eigenvalue weighted by molar-refractivity contribution is 0.0696. The maximum absolute atomic E-state index is 10.9. The second kappa shape index (κ2) is 2.95. The van der Waals surface area contributed by atoms with E-state index in [4.69, 9.17) is 5.11 Å². The monoisotopic (exact) mass is 190 g/mol. The van der Waals surface area contributed by atoms with Gasteiger partial charge in [-0.3, -0.25) is 9.78 Å². The second-order valence-electron chi connectivity index (χ2n) is 2.78. The fourth-order valence-corrected chi connectivity index (χ4v) is 1.15. The lowest BCUT2D eigenvalue weighted by atomic mass is 10.2. The van der Waals surface area contributed by atoms with E-state index in [0.717, 1.165) is 0 Å². The van der Waals surface area contributed by atoms with Crippen LogP contribution in [0.15, 0.2) is 29.2 Å². The molecule has 0 atom stereocenters. The van der Waals surface area contributed by atoms with E-state index in [9.17, 15) is 9.59 Å². The summed E-state index contributed by atoms with van der Waals surface area (Å²) < 4.78 is 0. The van der Waals surface area contributed by atoms with Crippen LogP contribution in [0.5, 0.6) is 0 Å². The third kappa shape index (κ3) is 1.35. The molecule has 2 aromatic rings. The van der Waals surface area contributed by atoms with E-state index >= 15 is 0 Å². The molecule has 0 fully saturated rings. The molecule has 0 aliphatic rings. The summed E-state index contributed by atoms with van der Waals surface area (Å²) in [5.74, 6) is -1.07. The number of aromatic carboxylic acids is 1. The molecule has 2 N–H and O–H groups in total. The number of carbonyl (C=O) groups is 1. The molecule has 0 aliphatic heterocycles. The summed E-state index contributed by atoms with van der Waals surface area (Å²) in [5, 5.41) is 8.68. The molecule has 0 saturated heterocycles. The Morgan fingerprint density at radius 1 is 1.43 bits per heavy atom. The predicted octanol–water partition coefficient (Wildman–Crippen LogP) is 0.621. The van der Waals surface area contributed by atoms with E-state index in [1.165, 1.54) is 18.3 Å². The number of nitrogens with one attached hydrogen (secondary N) is 1. The van der Waals surface area contributed by atoms with Crippen molar-refractivity contribution in [1.29, 1.82) is 0 Å². The molecule has 70 valence electrons. The van der Waals surface area contributed by atoms with Crippen molar-refractivity contribution in [3.8, 4) is 0 Å². The lowest BCUT2D eigenvalue weighted by Gasteiger charge is -1.97. The molecule has 14 heavy (non-hydrogen) atoms. The first-order valence-electron chi connectivity index (χ1n) is 3.89. The van der Waals surface area contributed by atoms with E-state index in [0.29, 0.717) is 11.0 Å². The minimum absolute atomic E-state index is 0.0550. The van der Waals surface area contributed by atoms with Crippen LogP contribution in [-0.4, -0.2) is 21.0 Å². The van der Waals surface area contributed by atoms with Gasteiger partial charge in [-0.1, -0.05) is 0 Å². The van der Waals surface area contributed by atoms with Gasteiger partial charge in [0.05, 0.1) is 16.6 Å². The number of pyridine rings is 2. The number of carboxylic acid groups (broad SMARTS) is 1. The average Bonchev–Trinajstić information content (AvgIpc) is 2.16. The van der Waals surface area contributed by atoms with Gasteiger partial charge in [-0.15, -0.1) is 0 Å². The summed E-state index contributed by atoms with van der Waals surface area (Å²) in [6, 6.07) is 4.27. The Bertz CT molecular complexity index is 559. The van der Waals surface area contributed by atoms with Crippen LogP contribution in [0.4, 0.5) is 0 Å². The van der Waals surface area contributed by atoms with Gasteiger partial charge in [0.1, 0.15) is 0 Å². The van der Waals surface area contributed by atoms with Gasteiger partial charge in [0, 0.05) is 12.3 Å². The molecule has 0 spiro atoms. The van der Waals surface area contributed by atoms with Crippen molar-refractivity contribution in [2.45, 2.75) is 0 Å². The van der Waals surface area contributed by atoms with Crippen LogP contribution in [-0.2, 0) is 0 Å². The van der Waals surface area contributed by atoms with E-state index in [2.05, 4.69) is 9.97 Å². The number of hydrogen-bond donors (Lipinski definition) is 2. The largest absolute Gasteiger partial charge is 0.478 e. The van der Waals surface area contributed by atoms with Crippen LogP contribution in [0.3, 0.4) is 0 Å². The minimum atomic E-state index is -1.07. The number of rotatable bonds is 1. The van der Waals surface area contributed by atoms with Crippen LogP contribution < -0.4 is 5.56 Å². The van der Waals surface area contributed by atoms with Crippen LogP contribution in [0, 0.1) is 0 Å². The van der Waals surface area contributed by atoms with Gasteiger partial charge in [0.2, 0.25) is 5.56 Å². The van der Waals surface area contributed by atoms with Crippen molar-refractivity contribution in [3.63, 3.8) is 0 Å². The Labute approximate surface area is 78.0 Å². The number of aromatic amines is 1. The van der Waals surface area contributed by atoms with E-state index < -0.39 is 5.97 Å². The summed E-state index contributed by atoms with van der Waals surface area (Å²) >= 11 is 0. The number of aromatic nitrogens is 2. The first-order chi connectivity index (χ1) is 6.66. The highest BCUT2D eigenvalue weighted by molar-refractivity contribution is 5.91. The van der Waals surface area contributed by atoms with Gasteiger partial charge in [-0.05, 0) is 12.1 Å². The molecule has 2 aromatic heterocycles. The third-order valence-corrected chi connectivity index (χ3v) is 1.82. The Kier molecular flexibility index (Phi) is 1.78. The number of carboxylic acids is 1. The number of H-pyrrole nitrogens is 1. The zero-order valence-corrected chi connectivity index (χ0v) is 7.02.